The van der Waals surface area contributed by atoms with Crippen LogP contribution < -0.4 is 9.47 Å². The van der Waals surface area contributed by atoms with Gasteiger partial charge in [-0.15, -0.1) is 0 Å². The van der Waals surface area contributed by atoms with Crippen molar-refractivity contribution in [2.45, 2.75) is 20.0 Å². The predicted molar refractivity (Wildman–Crippen MR) is 101 cm³/mol. The third-order valence-electron chi connectivity index (χ3n) is 3.59. The summed E-state index contributed by atoms with van der Waals surface area (Å²) in [5.41, 5.74) is 1.49. The quantitative estimate of drug-likeness (QED) is 0.413. The van der Waals surface area contributed by atoms with E-state index in [2.05, 4.69) is 0 Å². The molecule has 2 rings (SSSR count). The van der Waals surface area contributed by atoms with Gasteiger partial charge in [0.05, 0.1) is 13.7 Å². The second-order valence-electron chi connectivity index (χ2n) is 5.63. The van der Waals surface area contributed by atoms with Crippen molar-refractivity contribution in [3.05, 3.63) is 59.7 Å². The number of benzene rings is 2. The van der Waals surface area contributed by atoms with E-state index in [1.807, 2.05) is 30.3 Å². The SMILES string of the molecule is CCOC(=O)CC(=O)/C=C/c1cc(O)c(OCc2ccccc2)c(OC)c1. The van der Waals surface area contributed by atoms with Crippen LogP contribution in [0.15, 0.2) is 48.5 Å². The van der Waals surface area contributed by atoms with Crippen molar-refractivity contribution in [2.75, 3.05) is 13.7 Å². The molecule has 2 aromatic carbocycles. The predicted octanol–water partition coefficient (Wildman–Crippen LogP) is 3.52. The minimum absolute atomic E-state index is 0.109. The highest BCUT2D eigenvalue weighted by atomic mass is 16.5. The molecular formula is C21H22O6. The number of ketones is 1. The van der Waals surface area contributed by atoms with Gasteiger partial charge in [0.1, 0.15) is 13.0 Å². The number of allylic oxidation sites excluding steroid dienone is 1. The Morgan fingerprint density at radius 1 is 1.15 bits per heavy atom. The summed E-state index contributed by atoms with van der Waals surface area (Å²) in [4.78, 5) is 23.1. The Hall–Kier alpha value is -3.28. The van der Waals surface area contributed by atoms with Gasteiger partial charge >= 0.3 is 5.97 Å². The molecule has 0 aliphatic rings. The van der Waals surface area contributed by atoms with Crippen LogP contribution in [0.25, 0.3) is 6.08 Å². The first-order chi connectivity index (χ1) is 13.0. The van der Waals surface area contributed by atoms with Crippen LogP contribution >= 0.6 is 0 Å². The third-order valence-corrected chi connectivity index (χ3v) is 3.59. The molecule has 0 bridgehead atoms. The zero-order valence-corrected chi connectivity index (χ0v) is 15.3. The topological polar surface area (TPSA) is 82.1 Å². The van der Waals surface area contributed by atoms with Crippen LogP contribution in [0.2, 0.25) is 0 Å². The van der Waals surface area contributed by atoms with Gasteiger partial charge in [0.15, 0.2) is 17.3 Å². The van der Waals surface area contributed by atoms with Gasteiger partial charge in [-0.1, -0.05) is 36.4 Å². The number of phenolic OH excluding ortho intramolecular Hbond substituents is 1. The lowest BCUT2D eigenvalue weighted by molar-refractivity contribution is -0.144. The maximum Gasteiger partial charge on any atom is 0.313 e. The largest absolute Gasteiger partial charge is 0.504 e. The lowest BCUT2D eigenvalue weighted by atomic mass is 10.1. The van der Waals surface area contributed by atoms with Crippen molar-refractivity contribution in [1.82, 2.24) is 0 Å². The van der Waals surface area contributed by atoms with Crippen LogP contribution in [0.5, 0.6) is 17.2 Å². The van der Waals surface area contributed by atoms with E-state index in [0.717, 1.165) is 5.56 Å². The molecule has 0 aliphatic carbocycles. The third kappa shape index (κ3) is 6.18. The van der Waals surface area contributed by atoms with Gasteiger partial charge in [-0.25, -0.2) is 0 Å². The molecule has 0 radical (unpaired) electrons. The van der Waals surface area contributed by atoms with Gasteiger partial charge in [-0.3, -0.25) is 9.59 Å². The number of aromatic hydroxyl groups is 1. The molecule has 0 saturated heterocycles. The molecule has 0 saturated carbocycles. The molecule has 1 N–H and O–H groups in total. The monoisotopic (exact) mass is 370 g/mol. The van der Waals surface area contributed by atoms with Crippen molar-refractivity contribution in [2.24, 2.45) is 0 Å². The highest BCUT2D eigenvalue weighted by Gasteiger charge is 2.13. The number of carbonyl (C=O) groups is 2. The van der Waals surface area contributed by atoms with Crippen molar-refractivity contribution in [1.29, 1.82) is 0 Å². The van der Waals surface area contributed by atoms with E-state index in [0.29, 0.717) is 11.3 Å². The number of hydrogen-bond acceptors (Lipinski definition) is 6. The average molecular weight is 370 g/mol. The number of carbonyl (C=O) groups excluding carboxylic acids is 2. The molecule has 6 nitrogen and oxygen atoms in total. The van der Waals surface area contributed by atoms with Gasteiger partial charge in [0.2, 0.25) is 5.75 Å². The lowest BCUT2D eigenvalue weighted by Gasteiger charge is -2.13. The van der Waals surface area contributed by atoms with Gasteiger partial charge in [0.25, 0.3) is 0 Å². The van der Waals surface area contributed by atoms with Crippen LogP contribution in [-0.2, 0) is 20.9 Å². The van der Waals surface area contributed by atoms with Crippen LogP contribution in [0.3, 0.4) is 0 Å². The molecule has 0 amide bonds. The van der Waals surface area contributed by atoms with Crippen LogP contribution in [0, 0.1) is 0 Å². The molecule has 0 unspecified atom stereocenters. The Bertz CT molecular complexity index is 811. The van der Waals surface area contributed by atoms with Crippen molar-refractivity contribution in [3.8, 4) is 17.2 Å². The minimum atomic E-state index is -0.572. The Balaban J connectivity index is 2.09. The van der Waals surface area contributed by atoms with Crippen LogP contribution in [0.4, 0.5) is 0 Å². The number of ether oxygens (including phenoxy) is 3. The molecule has 0 spiro atoms. The maximum atomic E-state index is 11.8. The second-order valence-corrected chi connectivity index (χ2v) is 5.63. The highest BCUT2D eigenvalue weighted by molar-refractivity contribution is 6.04. The highest BCUT2D eigenvalue weighted by Crippen LogP contribution is 2.38. The Morgan fingerprint density at radius 3 is 2.56 bits per heavy atom. The Kier molecular flexibility index (Phi) is 7.43. The van der Waals surface area contributed by atoms with Gasteiger partial charge in [-0.2, -0.15) is 0 Å². The molecule has 6 heteroatoms. The second kappa shape index (κ2) is 10.0. The fourth-order valence-electron chi connectivity index (χ4n) is 2.33. The van der Waals surface area contributed by atoms with Crippen molar-refractivity contribution >= 4 is 17.8 Å². The van der Waals surface area contributed by atoms with E-state index in [9.17, 15) is 14.7 Å². The maximum absolute atomic E-state index is 11.8. The molecule has 142 valence electrons. The van der Waals surface area contributed by atoms with E-state index in [-0.39, 0.29) is 31.1 Å². The van der Waals surface area contributed by atoms with Crippen LogP contribution in [-0.4, -0.2) is 30.6 Å². The van der Waals surface area contributed by atoms with Gasteiger partial charge in [-0.05, 0) is 36.3 Å². The van der Waals surface area contributed by atoms with E-state index < -0.39 is 11.8 Å². The van der Waals surface area contributed by atoms with E-state index in [1.54, 1.807) is 13.0 Å². The zero-order valence-electron chi connectivity index (χ0n) is 15.3. The molecule has 27 heavy (non-hydrogen) atoms. The lowest BCUT2D eigenvalue weighted by Crippen LogP contribution is -2.09. The summed E-state index contributed by atoms with van der Waals surface area (Å²) >= 11 is 0. The fourth-order valence-corrected chi connectivity index (χ4v) is 2.33. The molecule has 0 fully saturated rings. The zero-order chi connectivity index (χ0) is 19.6. The number of rotatable bonds is 9. The molecule has 0 heterocycles. The summed E-state index contributed by atoms with van der Waals surface area (Å²) in [6, 6.07) is 12.6. The minimum Gasteiger partial charge on any atom is -0.504 e. The van der Waals surface area contributed by atoms with Crippen LogP contribution in [0.1, 0.15) is 24.5 Å². The Morgan fingerprint density at radius 2 is 1.89 bits per heavy atom. The summed E-state index contributed by atoms with van der Waals surface area (Å²) < 4.78 is 15.7. The summed E-state index contributed by atoms with van der Waals surface area (Å²) in [7, 11) is 1.46. The van der Waals surface area contributed by atoms with Crippen molar-refractivity contribution < 1.29 is 28.9 Å². The molecule has 0 aliphatic heterocycles. The summed E-state index contributed by atoms with van der Waals surface area (Å²) in [5, 5.41) is 10.3. The van der Waals surface area contributed by atoms with Gasteiger partial charge < -0.3 is 19.3 Å². The molecule has 0 aromatic heterocycles. The first-order valence-corrected chi connectivity index (χ1v) is 8.47. The molecular weight excluding hydrogens is 348 g/mol. The average Bonchev–Trinajstić information content (AvgIpc) is 2.66. The van der Waals surface area contributed by atoms with Gasteiger partial charge in [0, 0.05) is 0 Å². The van der Waals surface area contributed by atoms with Crippen molar-refractivity contribution in [3.63, 3.8) is 0 Å². The first-order valence-electron chi connectivity index (χ1n) is 8.47. The molecule has 0 atom stereocenters. The smallest absolute Gasteiger partial charge is 0.313 e. The first kappa shape index (κ1) is 20.0. The standard InChI is InChI=1S/C21H22O6/c1-3-26-20(24)13-17(22)10-9-16-11-18(23)21(19(12-16)25-2)27-14-15-7-5-4-6-8-15/h4-12,23H,3,13-14H2,1-2H3/b10-9+. The van der Waals surface area contributed by atoms with E-state index in [1.165, 1.54) is 25.3 Å². The summed E-state index contributed by atoms with van der Waals surface area (Å²) in [6.45, 7) is 2.18. The van der Waals surface area contributed by atoms with E-state index in [4.69, 9.17) is 14.2 Å². The Labute approximate surface area is 158 Å². The summed E-state index contributed by atoms with van der Waals surface area (Å²) in [5.74, 6) is -0.518. The fraction of sp³-hybridized carbons (Fsp3) is 0.238. The summed E-state index contributed by atoms with van der Waals surface area (Å²) in [6.07, 6.45) is 2.42. The number of phenols is 1. The molecule has 2 aromatic rings. The van der Waals surface area contributed by atoms with E-state index >= 15 is 0 Å². The number of esters is 1. The normalized spacial score (nSPS) is 10.6. The number of hydrogen-bond donors (Lipinski definition) is 1. The number of methoxy groups -OCH3 is 1.